The van der Waals surface area contributed by atoms with Crippen LogP contribution < -0.4 is 16.0 Å². The maximum Gasteiger partial charge on any atom is 0.337 e. The molecule has 0 spiro atoms. The minimum Gasteiger partial charge on any atom is -0.466 e. The van der Waals surface area contributed by atoms with Gasteiger partial charge in [-0.3, -0.25) is 4.90 Å². The fourth-order valence-corrected chi connectivity index (χ4v) is 3.61. The normalized spacial score (nSPS) is 15.8. The summed E-state index contributed by atoms with van der Waals surface area (Å²) in [6.45, 7) is 4.19. The van der Waals surface area contributed by atoms with E-state index in [9.17, 15) is 14.4 Å². The second kappa shape index (κ2) is 10.2. The monoisotopic (exact) mass is 456 g/mol. The first-order chi connectivity index (χ1) is 15.3. The molecule has 1 heterocycles. The van der Waals surface area contributed by atoms with Gasteiger partial charge in [0, 0.05) is 28.6 Å². The second-order valence-corrected chi connectivity index (χ2v) is 7.67. The number of benzene rings is 2. The Labute approximate surface area is 191 Å². The van der Waals surface area contributed by atoms with E-state index in [-0.39, 0.29) is 6.03 Å². The molecule has 8 nitrogen and oxygen atoms in total. The summed E-state index contributed by atoms with van der Waals surface area (Å²) in [6, 6.07) is 12.3. The van der Waals surface area contributed by atoms with Crippen LogP contribution in [-0.2, 0) is 9.53 Å². The Morgan fingerprint density at radius 2 is 1.62 bits per heavy atom. The average Bonchev–Trinajstić information content (AvgIpc) is 2.78. The summed E-state index contributed by atoms with van der Waals surface area (Å²) >= 11 is 5.85. The number of rotatable bonds is 6. The molecule has 0 bridgehead atoms. The van der Waals surface area contributed by atoms with Gasteiger partial charge in [-0.05, 0) is 55.3 Å². The van der Waals surface area contributed by atoms with Crippen molar-refractivity contribution in [2.45, 2.75) is 26.3 Å². The highest BCUT2D eigenvalue weighted by Gasteiger charge is 2.35. The molecule has 2 aromatic carbocycles. The van der Waals surface area contributed by atoms with Crippen LogP contribution in [0.15, 0.2) is 59.8 Å². The second-order valence-electron chi connectivity index (χ2n) is 7.23. The van der Waals surface area contributed by atoms with Crippen LogP contribution in [0.5, 0.6) is 0 Å². The van der Waals surface area contributed by atoms with Crippen molar-refractivity contribution in [2.24, 2.45) is 0 Å². The number of urea groups is 2. The van der Waals surface area contributed by atoms with Crippen LogP contribution in [0.2, 0.25) is 5.02 Å². The third-order valence-corrected chi connectivity index (χ3v) is 5.30. The molecule has 1 unspecified atom stereocenters. The van der Waals surface area contributed by atoms with Gasteiger partial charge in [0.1, 0.15) is 0 Å². The Hall–Kier alpha value is -3.52. The lowest BCUT2D eigenvalue weighted by Crippen LogP contribution is -2.48. The molecule has 0 radical (unpaired) electrons. The molecule has 3 N–H and O–H groups in total. The van der Waals surface area contributed by atoms with Crippen molar-refractivity contribution in [1.82, 2.24) is 10.2 Å². The molecule has 1 atom stereocenters. The van der Waals surface area contributed by atoms with E-state index >= 15 is 0 Å². The van der Waals surface area contributed by atoms with Gasteiger partial charge in [0.15, 0.2) is 0 Å². The first-order valence-electron chi connectivity index (χ1n) is 10.1. The Balaban J connectivity index is 1.77. The Morgan fingerprint density at radius 3 is 2.16 bits per heavy atom. The van der Waals surface area contributed by atoms with E-state index in [1.165, 1.54) is 7.11 Å². The van der Waals surface area contributed by atoms with Crippen LogP contribution in [-0.4, -0.2) is 36.6 Å². The SMILES string of the molecule is CCCN1C(=O)NC(c2ccc(NC(=O)Nc3ccc(Cl)cc3)cc2)C(C(=O)OC)=C1C. The highest BCUT2D eigenvalue weighted by atomic mass is 35.5. The maximum absolute atomic E-state index is 12.6. The van der Waals surface area contributed by atoms with Crippen LogP contribution >= 0.6 is 11.6 Å². The number of hydrogen-bond donors (Lipinski definition) is 3. The van der Waals surface area contributed by atoms with Crippen molar-refractivity contribution in [1.29, 1.82) is 0 Å². The summed E-state index contributed by atoms with van der Waals surface area (Å²) in [5, 5.41) is 8.91. The molecule has 32 heavy (non-hydrogen) atoms. The molecular formula is C23H25ClN4O4. The number of nitrogens with one attached hydrogen (secondary N) is 3. The molecule has 2 aromatic rings. The molecule has 1 aliphatic rings. The summed E-state index contributed by atoms with van der Waals surface area (Å²) in [5.74, 6) is -0.502. The summed E-state index contributed by atoms with van der Waals surface area (Å²) in [7, 11) is 1.31. The first-order valence-corrected chi connectivity index (χ1v) is 10.5. The van der Waals surface area contributed by atoms with Crippen molar-refractivity contribution < 1.29 is 19.1 Å². The van der Waals surface area contributed by atoms with Gasteiger partial charge < -0.3 is 20.7 Å². The first kappa shape index (κ1) is 23.1. The van der Waals surface area contributed by atoms with Gasteiger partial charge in [-0.1, -0.05) is 30.7 Å². The molecule has 3 rings (SSSR count). The predicted octanol–water partition coefficient (Wildman–Crippen LogP) is 4.91. The lowest BCUT2D eigenvalue weighted by Gasteiger charge is -2.35. The number of nitrogens with zero attached hydrogens (tertiary/aromatic N) is 1. The van der Waals surface area contributed by atoms with Crippen LogP contribution in [0.25, 0.3) is 0 Å². The van der Waals surface area contributed by atoms with Crippen molar-refractivity contribution >= 4 is 41.0 Å². The van der Waals surface area contributed by atoms with Crippen molar-refractivity contribution in [3.63, 3.8) is 0 Å². The molecule has 0 saturated carbocycles. The van der Waals surface area contributed by atoms with Gasteiger partial charge in [0.25, 0.3) is 0 Å². The van der Waals surface area contributed by atoms with E-state index in [1.807, 2.05) is 6.92 Å². The summed E-state index contributed by atoms with van der Waals surface area (Å²) in [4.78, 5) is 38.9. The van der Waals surface area contributed by atoms with Gasteiger partial charge >= 0.3 is 18.0 Å². The molecule has 168 valence electrons. The highest BCUT2D eigenvalue weighted by Crippen LogP contribution is 2.32. The molecule has 0 fully saturated rings. The molecule has 0 aliphatic carbocycles. The van der Waals surface area contributed by atoms with Crippen LogP contribution in [0.1, 0.15) is 31.9 Å². The number of carbonyl (C=O) groups excluding carboxylic acids is 3. The van der Waals surface area contributed by atoms with Crippen molar-refractivity contribution in [3.8, 4) is 0 Å². The molecule has 1 aliphatic heterocycles. The smallest absolute Gasteiger partial charge is 0.337 e. The molecule has 0 aromatic heterocycles. The maximum atomic E-state index is 12.6. The molecule has 4 amide bonds. The standard InChI is InChI=1S/C23H25ClN4O4/c1-4-13-28-14(2)19(21(29)32-3)20(27-23(28)31)15-5-9-17(10-6-15)25-22(30)26-18-11-7-16(24)8-12-18/h5-12,20H,4,13H2,1-3H3,(H,27,31)(H2,25,26,30). The number of allylic oxidation sites excluding steroid dienone is 1. The molecule has 0 saturated heterocycles. The Kier molecular flexibility index (Phi) is 7.37. The highest BCUT2D eigenvalue weighted by molar-refractivity contribution is 6.30. The van der Waals surface area contributed by atoms with E-state index in [2.05, 4.69) is 16.0 Å². The largest absolute Gasteiger partial charge is 0.466 e. The van der Waals surface area contributed by atoms with Gasteiger partial charge in [0.2, 0.25) is 0 Å². The zero-order valence-electron chi connectivity index (χ0n) is 18.1. The number of halogens is 1. The number of esters is 1. The van der Waals surface area contributed by atoms with E-state index in [0.717, 1.165) is 6.42 Å². The summed E-state index contributed by atoms with van der Waals surface area (Å²) in [5.41, 5.74) is 2.79. The number of methoxy groups -OCH3 is 1. The number of anilines is 2. The van der Waals surface area contributed by atoms with Gasteiger partial charge in [-0.25, -0.2) is 14.4 Å². The van der Waals surface area contributed by atoms with Crippen molar-refractivity contribution in [3.05, 3.63) is 70.4 Å². The van der Waals surface area contributed by atoms with Crippen LogP contribution in [0.3, 0.4) is 0 Å². The lowest BCUT2D eigenvalue weighted by atomic mass is 9.94. The van der Waals surface area contributed by atoms with Crippen molar-refractivity contribution in [2.75, 3.05) is 24.3 Å². The average molecular weight is 457 g/mol. The van der Waals surface area contributed by atoms with E-state index < -0.39 is 18.0 Å². The van der Waals surface area contributed by atoms with E-state index in [1.54, 1.807) is 60.4 Å². The zero-order valence-corrected chi connectivity index (χ0v) is 18.8. The molecular weight excluding hydrogens is 432 g/mol. The summed E-state index contributed by atoms with van der Waals surface area (Å²) < 4.78 is 4.97. The zero-order chi connectivity index (χ0) is 23.3. The number of carbonyl (C=O) groups is 3. The number of ether oxygens (including phenoxy) is 1. The Morgan fingerprint density at radius 1 is 1.06 bits per heavy atom. The van der Waals surface area contributed by atoms with Gasteiger partial charge in [-0.2, -0.15) is 0 Å². The van der Waals surface area contributed by atoms with E-state index in [0.29, 0.717) is 39.8 Å². The van der Waals surface area contributed by atoms with Gasteiger partial charge in [0.05, 0.1) is 18.7 Å². The minimum absolute atomic E-state index is 0.272. The predicted molar refractivity (Wildman–Crippen MR) is 124 cm³/mol. The third kappa shape index (κ3) is 5.20. The van der Waals surface area contributed by atoms with Crippen LogP contribution in [0.4, 0.5) is 21.0 Å². The molecule has 9 heteroatoms. The third-order valence-electron chi connectivity index (χ3n) is 5.05. The quantitative estimate of drug-likeness (QED) is 0.538. The minimum atomic E-state index is -0.653. The van der Waals surface area contributed by atoms with Gasteiger partial charge in [-0.15, -0.1) is 0 Å². The summed E-state index contributed by atoms with van der Waals surface area (Å²) in [6.07, 6.45) is 0.752. The van der Waals surface area contributed by atoms with E-state index in [4.69, 9.17) is 16.3 Å². The number of amides is 4. The Bertz CT molecular complexity index is 1030. The number of hydrogen-bond acceptors (Lipinski definition) is 4. The fraction of sp³-hybridized carbons (Fsp3) is 0.261. The fourth-order valence-electron chi connectivity index (χ4n) is 3.48. The van der Waals surface area contributed by atoms with Crippen LogP contribution in [0, 0.1) is 0 Å². The topological polar surface area (TPSA) is 99.8 Å². The lowest BCUT2D eigenvalue weighted by molar-refractivity contribution is -0.136.